The number of benzene rings is 1. The van der Waals surface area contributed by atoms with Gasteiger partial charge in [-0.1, -0.05) is 38.1 Å². The van der Waals surface area contributed by atoms with Crippen molar-refractivity contribution in [2.24, 2.45) is 5.92 Å². The molecule has 3 nitrogen and oxygen atoms in total. The highest BCUT2D eigenvalue weighted by atomic mass is 16.5. The van der Waals surface area contributed by atoms with Crippen molar-refractivity contribution in [2.45, 2.75) is 40.0 Å². The second-order valence-electron chi connectivity index (χ2n) is 6.23. The summed E-state index contributed by atoms with van der Waals surface area (Å²) in [7, 11) is 0. The van der Waals surface area contributed by atoms with E-state index in [9.17, 15) is 4.79 Å². The van der Waals surface area contributed by atoms with Gasteiger partial charge in [-0.15, -0.1) is 0 Å². The standard InChI is InChI=1S/C20H25NO2/c1-4-23-20(22)19-12-18(13-21-14-19)11-17-9-7-16(8-10-17)6-5-15(2)3/h7-10,12-15H,4-6,11H2,1-3H3. The number of carbonyl (C=O) groups is 1. The predicted molar refractivity (Wildman–Crippen MR) is 92.6 cm³/mol. The van der Waals surface area contributed by atoms with E-state index in [1.165, 1.54) is 17.5 Å². The molecule has 0 aliphatic heterocycles. The van der Waals surface area contributed by atoms with Crippen molar-refractivity contribution in [1.29, 1.82) is 0 Å². The van der Waals surface area contributed by atoms with Gasteiger partial charge in [0.05, 0.1) is 12.2 Å². The summed E-state index contributed by atoms with van der Waals surface area (Å²) in [5, 5.41) is 0. The Hall–Kier alpha value is -2.16. The largest absolute Gasteiger partial charge is 0.462 e. The van der Waals surface area contributed by atoms with Crippen LogP contribution in [0.15, 0.2) is 42.7 Å². The minimum absolute atomic E-state index is 0.314. The van der Waals surface area contributed by atoms with Gasteiger partial charge in [0.1, 0.15) is 0 Å². The van der Waals surface area contributed by atoms with Gasteiger partial charge in [-0.3, -0.25) is 4.98 Å². The number of carbonyl (C=O) groups excluding carboxylic acids is 1. The first-order chi connectivity index (χ1) is 11.1. The van der Waals surface area contributed by atoms with Crippen LogP contribution in [-0.4, -0.2) is 17.6 Å². The molecular weight excluding hydrogens is 286 g/mol. The normalized spacial score (nSPS) is 10.8. The average molecular weight is 311 g/mol. The SMILES string of the molecule is CCOC(=O)c1cncc(Cc2ccc(CCC(C)C)cc2)c1. The smallest absolute Gasteiger partial charge is 0.339 e. The summed E-state index contributed by atoms with van der Waals surface area (Å²) < 4.78 is 5.02. The maximum atomic E-state index is 11.8. The van der Waals surface area contributed by atoms with Crippen LogP contribution in [0, 0.1) is 5.92 Å². The summed E-state index contributed by atoms with van der Waals surface area (Å²) >= 11 is 0. The molecule has 2 aromatic rings. The minimum Gasteiger partial charge on any atom is -0.462 e. The van der Waals surface area contributed by atoms with Gasteiger partial charge in [0.25, 0.3) is 0 Å². The minimum atomic E-state index is -0.314. The number of esters is 1. The van der Waals surface area contributed by atoms with Crippen molar-refractivity contribution in [3.8, 4) is 0 Å². The Balaban J connectivity index is 2.01. The summed E-state index contributed by atoms with van der Waals surface area (Å²) in [6, 6.07) is 10.6. The second kappa shape index (κ2) is 8.47. The highest BCUT2D eigenvalue weighted by Gasteiger charge is 2.08. The van der Waals surface area contributed by atoms with E-state index in [0.717, 1.165) is 24.3 Å². The molecule has 0 fully saturated rings. The van der Waals surface area contributed by atoms with Gasteiger partial charge in [0.2, 0.25) is 0 Å². The van der Waals surface area contributed by atoms with Gasteiger partial charge < -0.3 is 4.74 Å². The molecule has 0 atom stereocenters. The molecule has 0 N–H and O–H groups in total. The van der Waals surface area contributed by atoms with Gasteiger partial charge in [0.15, 0.2) is 0 Å². The van der Waals surface area contributed by atoms with Crippen molar-refractivity contribution < 1.29 is 9.53 Å². The maximum absolute atomic E-state index is 11.8. The van der Waals surface area contributed by atoms with Crippen LogP contribution >= 0.6 is 0 Å². The molecule has 1 heterocycles. The lowest BCUT2D eigenvalue weighted by atomic mass is 9.99. The molecule has 0 unspecified atom stereocenters. The quantitative estimate of drug-likeness (QED) is 0.710. The number of aromatic nitrogens is 1. The summed E-state index contributed by atoms with van der Waals surface area (Å²) in [5.74, 6) is 0.414. The average Bonchev–Trinajstić information content (AvgIpc) is 2.55. The zero-order valence-corrected chi connectivity index (χ0v) is 14.2. The summed E-state index contributed by atoms with van der Waals surface area (Å²) in [6.07, 6.45) is 6.46. The molecular formula is C20H25NO2. The van der Waals surface area contributed by atoms with Crippen molar-refractivity contribution in [1.82, 2.24) is 4.98 Å². The molecule has 0 radical (unpaired) electrons. The third kappa shape index (κ3) is 5.51. The van der Waals surface area contributed by atoms with Crippen molar-refractivity contribution >= 4 is 5.97 Å². The third-order valence-corrected chi connectivity index (χ3v) is 3.75. The van der Waals surface area contributed by atoms with Crippen LogP contribution in [0.25, 0.3) is 0 Å². The molecule has 3 heteroatoms. The van der Waals surface area contributed by atoms with Gasteiger partial charge >= 0.3 is 5.97 Å². The van der Waals surface area contributed by atoms with E-state index in [2.05, 4.69) is 43.1 Å². The predicted octanol–water partition coefficient (Wildman–Crippen LogP) is 4.44. The Kier molecular flexibility index (Phi) is 6.33. The van der Waals surface area contributed by atoms with Crippen LogP contribution in [0.2, 0.25) is 0 Å². The molecule has 1 aromatic carbocycles. The van der Waals surface area contributed by atoms with Crippen LogP contribution in [0.1, 0.15) is 54.2 Å². The lowest BCUT2D eigenvalue weighted by molar-refractivity contribution is 0.0525. The lowest BCUT2D eigenvalue weighted by Gasteiger charge is -2.07. The van der Waals surface area contributed by atoms with Gasteiger partial charge in [-0.05, 0) is 54.9 Å². The number of nitrogens with zero attached hydrogens (tertiary/aromatic N) is 1. The van der Waals surface area contributed by atoms with E-state index >= 15 is 0 Å². The Labute approximate surface area is 138 Å². The summed E-state index contributed by atoms with van der Waals surface area (Å²) in [4.78, 5) is 15.9. The molecule has 122 valence electrons. The Bertz CT molecular complexity index is 632. The highest BCUT2D eigenvalue weighted by Crippen LogP contribution is 2.14. The molecule has 0 bridgehead atoms. The first-order valence-electron chi connectivity index (χ1n) is 8.27. The van der Waals surface area contributed by atoms with E-state index in [-0.39, 0.29) is 5.97 Å². The van der Waals surface area contributed by atoms with Crippen LogP contribution < -0.4 is 0 Å². The molecule has 0 aliphatic carbocycles. The lowest BCUT2D eigenvalue weighted by Crippen LogP contribution is -2.06. The van der Waals surface area contributed by atoms with E-state index in [0.29, 0.717) is 12.2 Å². The Morgan fingerprint density at radius 1 is 1.09 bits per heavy atom. The molecule has 0 saturated carbocycles. The van der Waals surface area contributed by atoms with Crippen molar-refractivity contribution in [3.05, 3.63) is 65.0 Å². The number of hydrogen-bond acceptors (Lipinski definition) is 3. The zero-order valence-electron chi connectivity index (χ0n) is 14.2. The molecule has 0 aliphatic rings. The third-order valence-electron chi connectivity index (χ3n) is 3.75. The zero-order chi connectivity index (χ0) is 16.7. The topological polar surface area (TPSA) is 39.2 Å². The number of hydrogen-bond donors (Lipinski definition) is 0. The first-order valence-corrected chi connectivity index (χ1v) is 8.27. The fourth-order valence-corrected chi connectivity index (χ4v) is 2.43. The molecule has 2 rings (SSSR count). The highest BCUT2D eigenvalue weighted by molar-refractivity contribution is 5.89. The summed E-state index contributed by atoms with van der Waals surface area (Å²) in [5.41, 5.74) is 4.13. The van der Waals surface area contributed by atoms with Crippen LogP contribution in [0.3, 0.4) is 0 Å². The van der Waals surface area contributed by atoms with Crippen LogP contribution in [0.5, 0.6) is 0 Å². The maximum Gasteiger partial charge on any atom is 0.339 e. The number of ether oxygens (including phenoxy) is 1. The molecule has 1 aromatic heterocycles. The second-order valence-corrected chi connectivity index (χ2v) is 6.23. The van der Waals surface area contributed by atoms with E-state index < -0.39 is 0 Å². The Morgan fingerprint density at radius 3 is 2.43 bits per heavy atom. The van der Waals surface area contributed by atoms with Crippen LogP contribution in [0.4, 0.5) is 0 Å². The number of rotatable bonds is 7. The molecule has 0 saturated heterocycles. The summed E-state index contributed by atoms with van der Waals surface area (Å²) in [6.45, 7) is 6.67. The number of aryl methyl sites for hydroxylation is 1. The molecule has 0 amide bonds. The van der Waals surface area contributed by atoms with Gasteiger partial charge in [0, 0.05) is 12.4 Å². The van der Waals surface area contributed by atoms with Crippen molar-refractivity contribution in [3.63, 3.8) is 0 Å². The molecule has 0 spiro atoms. The van der Waals surface area contributed by atoms with Gasteiger partial charge in [-0.25, -0.2) is 4.79 Å². The van der Waals surface area contributed by atoms with E-state index in [4.69, 9.17) is 4.74 Å². The monoisotopic (exact) mass is 311 g/mol. The fraction of sp³-hybridized carbons (Fsp3) is 0.400. The number of pyridine rings is 1. The fourth-order valence-electron chi connectivity index (χ4n) is 2.43. The first kappa shape index (κ1) is 17.2. The Morgan fingerprint density at radius 2 is 1.78 bits per heavy atom. The van der Waals surface area contributed by atoms with Gasteiger partial charge in [-0.2, -0.15) is 0 Å². The van der Waals surface area contributed by atoms with Crippen LogP contribution in [-0.2, 0) is 17.6 Å². The van der Waals surface area contributed by atoms with Crippen molar-refractivity contribution in [2.75, 3.05) is 6.61 Å². The van der Waals surface area contributed by atoms with E-state index in [1.54, 1.807) is 19.3 Å². The van der Waals surface area contributed by atoms with E-state index in [1.807, 2.05) is 6.07 Å². The molecule has 23 heavy (non-hydrogen) atoms.